The fourth-order valence-electron chi connectivity index (χ4n) is 2.52. The summed E-state index contributed by atoms with van der Waals surface area (Å²) >= 11 is 0. The molecule has 2 aliphatic carbocycles. The van der Waals surface area contributed by atoms with Crippen molar-refractivity contribution in [2.75, 3.05) is 0 Å². The molecule has 0 spiro atoms. The lowest BCUT2D eigenvalue weighted by atomic mass is 9.82. The number of hydrogen-bond donors (Lipinski definition) is 1. The molecule has 0 saturated heterocycles. The average molecular weight is 221 g/mol. The van der Waals surface area contributed by atoms with Gasteiger partial charge in [0.05, 0.1) is 5.54 Å². The summed E-state index contributed by atoms with van der Waals surface area (Å²) in [6, 6.07) is 0. The highest BCUT2D eigenvalue weighted by Crippen LogP contribution is 2.35. The van der Waals surface area contributed by atoms with Gasteiger partial charge in [0.15, 0.2) is 5.82 Å². The molecule has 4 heteroatoms. The van der Waals surface area contributed by atoms with Gasteiger partial charge in [-0.25, -0.2) is 0 Å². The van der Waals surface area contributed by atoms with Crippen molar-refractivity contribution in [1.82, 2.24) is 10.1 Å². The summed E-state index contributed by atoms with van der Waals surface area (Å²) in [5.74, 6) is 2.31. The summed E-state index contributed by atoms with van der Waals surface area (Å²) in [6.07, 6.45) is 9.21. The highest BCUT2D eigenvalue weighted by molar-refractivity contribution is 5.05. The van der Waals surface area contributed by atoms with Crippen LogP contribution < -0.4 is 5.73 Å². The first-order valence-corrected chi connectivity index (χ1v) is 6.38. The molecule has 0 atom stereocenters. The van der Waals surface area contributed by atoms with E-state index in [-0.39, 0.29) is 5.54 Å². The van der Waals surface area contributed by atoms with Crippen LogP contribution in [-0.2, 0) is 12.0 Å². The fraction of sp³-hybridized carbons (Fsp3) is 0.833. The Morgan fingerprint density at radius 1 is 1.25 bits per heavy atom. The third-order valence-corrected chi connectivity index (χ3v) is 3.82. The monoisotopic (exact) mass is 221 g/mol. The van der Waals surface area contributed by atoms with Crippen LogP contribution in [0.25, 0.3) is 0 Å². The molecule has 1 aromatic heterocycles. The number of aromatic nitrogens is 2. The van der Waals surface area contributed by atoms with Crippen LogP contribution in [0.15, 0.2) is 4.52 Å². The van der Waals surface area contributed by atoms with Crippen LogP contribution in [0.3, 0.4) is 0 Å². The summed E-state index contributed by atoms with van der Waals surface area (Å²) in [5, 5.41) is 4.08. The SMILES string of the molecule is NC1(c2noc(CC3CC3)n2)CCCCC1. The Morgan fingerprint density at radius 2 is 2.00 bits per heavy atom. The van der Waals surface area contributed by atoms with Crippen LogP contribution in [0.2, 0.25) is 0 Å². The van der Waals surface area contributed by atoms with Gasteiger partial charge in [-0.05, 0) is 31.6 Å². The Morgan fingerprint density at radius 3 is 2.69 bits per heavy atom. The Bertz CT molecular complexity index is 364. The molecular formula is C12H19N3O. The minimum atomic E-state index is -0.316. The molecule has 2 aliphatic rings. The zero-order valence-corrected chi connectivity index (χ0v) is 9.61. The molecule has 16 heavy (non-hydrogen) atoms. The van der Waals surface area contributed by atoms with E-state index in [4.69, 9.17) is 10.3 Å². The summed E-state index contributed by atoms with van der Waals surface area (Å²) in [6.45, 7) is 0. The predicted molar refractivity (Wildman–Crippen MR) is 59.7 cm³/mol. The van der Waals surface area contributed by atoms with Crippen LogP contribution in [0.5, 0.6) is 0 Å². The molecule has 1 aromatic rings. The van der Waals surface area contributed by atoms with Gasteiger partial charge in [-0.1, -0.05) is 24.4 Å². The first-order chi connectivity index (χ1) is 7.76. The number of rotatable bonds is 3. The second-order valence-electron chi connectivity index (χ2n) is 5.38. The molecule has 3 rings (SSSR count). The normalized spacial score (nSPS) is 24.6. The molecule has 0 bridgehead atoms. The van der Waals surface area contributed by atoms with E-state index in [0.717, 1.165) is 36.9 Å². The van der Waals surface area contributed by atoms with Gasteiger partial charge < -0.3 is 10.3 Å². The third kappa shape index (κ3) is 1.98. The average Bonchev–Trinajstić information content (AvgIpc) is 2.95. The lowest BCUT2D eigenvalue weighted by molar-refractivity contribution is 0.273. The first-order valence-electron chi connectivity index (χ1n) is 6.38. The third-order valence-electron chi connectivity index (χ3n) is 3.82. The largest absolute Gasteiger partial charge is 0.339 e. The van der Waals surface area contributed by atoms with Crippen molar-refractivity contribution >= 4 is 0 Å². The molecule has 0 aromatic carbocycles. The van der Waals surface area contributed by atoms with Crippen LogP contribution in [0, 0.1) is 5.92 Å². The van der Waals surface area contributed by atoms with Crippen molar-refractivity contribution in [2.24, 2.45) is 11.7 Å². The van der Waals surface area contributed by atoms with Crippen molar-refractivity contribution in [3.05, 3.63) is 11.7 Å². The van der Waals surface area contributed by atoms with E-state index in [9.17, 15) is 0 Å². The zero-order valence-electron chi connectivity index (χ0n) is 9.61. The smallest absolute Gasteiger partial charge is 0.226 e. The Labute approximate surface area is 95.6 Å². The predicted octanol–water partition coefficient (Wildman–Crippen LogP) is 2.14. The zero-order chi connectivity index (χ0) is 11.0. The van der Waals surface area contributed by atoms with Gasteiger partial charge in [0.25, 0.3) is 0 Å². The Kier molecular flexibility index (Phi) is 2.46. The summed E-state index contributed by atoms with van der Waals surface area (Å²) in [7, 11) is 0. The lowest BCUT2D eigenvalue weighted by Gasteiger charge is -2.29. The Balaban J connectivity index is 1.74. The van der Waals surface area contributed by atoms with Crippen molar-refractivity contribution in [3.8, 4) is 0 Å². The minimum Gasteiger partial charge on any atom is -0.339 e. The molecule has 1 heterocycles. The van der Waals surface area contributed by atoms with Gasteiger partial charge in [0.2, 0.25) is 5.89 Å². The second kappa shape index (κ2) is 3.84. The topological polar surface area (TPSA) is 64.9 Å². The molecule has 88 valence electrons. The molecule has 0 aliphatic heterocycles. The fourth-order valence-corrected chi connectivity index (χ4v) is 2.52. The van der Waals surface area contributed by atoms with Crippen molar-refractivity contribution in [3.63, 3.8) is 0 Å². The van der Waals surface area contributed by atoms with Gasteiger partial charge in [-0.15, -0.1) is 0 Å². The highest BCUT2D eigenvalue weighted by Gasteiger charge is 2.35. The van der Waals surface area contributed by atoms with Crippen molar-refractivity contribution in [1.29, 1.82) is 0 Å². The van der Waals surface area contributed by atoms with Gasteiger partial charge in [-0.3, -0.25) is 0 Å². The molecule has 0 amide bonds. The van der Waals surface area contributed by atoms with Gasteiger partial charge >= 0.3 is 0 Å². The van der Waals surface area contributed by atoms with Crippen LogP contribution in [-0.4, -0.2) is 10.1 Å². The van der Waals surface area contributed by atoms with E-state index in [2.05, 4.69) is 10.1 Å². The van der Waals surface area contributed by atoms with E-state index in [1.165, 1.54) is 32.1 Å². The maximum atomic E-state index is 6.36. The minimum absolute atomic E-state index is 0.316. The van der Waals surface area contributed by atoms with E-state index in [1.54, 1.807) is 0 Å². The maximum absolute atomic E-state index is 6.36. The quantitative estimate of drug-likeness (QED) is 0.849. The van der Waals surface area contributed by atoms with E-state index in [1.807, 2.05) is 0 Å². The van der Waals surface area contributed by atoms with E-state index in [0.29, 0.717) is 0 Å². The van der Waals surface area contributed by atoms with E-state index >= 15 is 0 Å². The standard InChI is InChI=1S/C12H19N3O/c13-12(6-2-1-3-7-12)11-14-10(16-15-11)8-9-4-5-9/h9H,1-8,13H2. The molecule has 2 fully saturated rings. The van der Waals surface area contributed by atoms with Crippen molar-refractivity contribution < 1.29 is 4.52 Å². The van der Waals surface area contributed by atoms with Crippen LogP contribution in [0.1, 0.15) is 56.7 Å². The second-order valence-corrected chi connectivity index (χ2v) is 5.38. The van der Waals surface area contributed by atoms with Gasteiger partial charge in [0.1, 0.15) is 0 Å². The molecule has 2 N–H and O–H groups in total. The van der Waals surface area contributed by atoms with Crippen LogP contribution in [0.4, 0.5) is 0 Å². The van der Waals surface area contributed by atoms with Crippen LogP contribution >= 0.6 is 0 Å². The molecule has 0 radical (unpaired) electrons. The summed E-state index contributed by atoms with van der Waals surface area (Å²) < 4.78 is 5.29. The lowest BCUT2D eigenvalue weighted by Crippen LogP contribution is -2.39. The summed E-state index contributed by atoms with van der Waals surface area (Å²) in [4.78, 5) is 4.48. The molecular weight excluding hydrogens is 202 g/mol. The first kappa shape index (κ1) is 10.3. The molecule has 0 unspecified atom stereocenters. The maximum Gasteiger partial charge on any atom is 0.226 e. The van der Waals surface area contributed by atoms with E-state index < -0.39 is 0 Å². The highest BCUT2D eigenvalue weighted by atomic mass is 16.5. The molecule has 4 nitrogen and oxygen atoms in total. The number of nitrogens with two attached hydrogens (primary N) is 1. The summed E-state index contributed by atoms with van der Waals surface area (Å²) in [5.41, 5.74) is 6.04. The number of hydrogen-bond acceptors (Lipinski definition) is 4. The van der Waals surface area contributed by atoms with Crippen molar-refractivity contribution in [2.45, 2.75) is 56.9 Å². The Hall–Kier alpha value is -0.900. The van der Waals surface area contributed by atoms with Gasteiger partial charge in [-0.2, -0.15) is 4.98 Å². The molecule has 2 saturated carbocycles. The number of nitrogens with zero attached hydrogens (tertiary/aromatic N) is 2. The van der Waals surface area contributed by atoms with Gasteiger partial charge in [0, 0.05) is 6.42 Å².